The molecule has 1 aromatic heterocycles. The van der Waals surface area contributed by atoms with Crippen molar-refractivity contribution in [3.8, 4) is 11.8 Å². The average Bonchev–Trinajstić information content (AvgIpc) is 3.16. The summed E-state index contributed by atoms with van der Waals surface area (Å²) in [5.74, 6) is 0.480. The maximum absolute atomic E-state index is 12.9. The summed E-state index contributed by atoms with van der Waals surface area (Å²) in [5, 5.41) is 17.9. The predicted octanol–water partition coefficient (Wildman–Crippen LogP) is 3.27. The third-order valence-electron chi connectivity index (χ3n) is 5.58. The van der Waals surface area contributed by atoms with Crippen molar-refractivity contribution in [1.82, 2.24) is 24.6 Å². The molecule has 8 heteroatoms. The van der Waals surface area contributed by atoms with E-state index in [0.717, 1.165) is 50.0 Å². The fourth-order valence-corrected chi connectivity index (χ4v) is 4.58. The molecule has 0 spiro atoms. The van der Waals surface area contributed by atoms with Gasteiger partial charge in [-0.2, -0.15) is 5.26 Å². The standard InChI is InChI=1S/C24H26N6OS/c1-19-3-9-22(10-4-19)30-18-26-27-24(30)32-17-23(31)29-12-2-11-28(13-14-29)16-21-7-5-20(15-25)6-8-21/h3-10,18H,2,11-14,16-17H2,1H3. The highest BCUT2D eigenvalue weighted by atomic mass is 32.2. The van der Waals surface area contributed by atoms with Gasteiger partial charge in [-0.15, -0.1) is 10.2 Å². The summed E-state index contributed by atoms with van der Waals surface area (Å²) in [6.45, 7) is 6.18. The summed E-state index contributed by atoms with van der Waals surface area (Å²) in [4.78, 5) is 17.2. The first-order valence-electron chi connectivity index (χ1n) is 10.7. The minimum atomic E-state index is 0.133. The van der Waals surface area contributed by atoms with Gasteiger partial charge in [-0.3, -0.25) is 14.3 Å². The van der Waals surface area contributed by atoms with Crippen LogP contribution in [0.15, 0.2) is 60.0 Å². The second kappa shape index (κ2) is 10.4. The molecule has 32 heavy (non-hydrogen) atoms. The Balaban J connectivity index is 1.30. The molecule has 0 N–H and O–H groups in total. The molecule has 0 atom stereocenters. The van der Waals surface area contributed by atoms with Gasteiger partial charge in [0.05, 0.1) is 17.4 Å². The van der Waals surface area contributed by atoms with Gasteiger partial charge >= 0.3 is 0 Å². The Bertz CT molecular complexity index is 1090. The smallest absolute Gasteiger partial charge is 0.233 e. The van der Waals surface area contributed by atoms with Crippen molar-refractivity contribution in [2.24, 2.45) is 0 Å². The van der Waals surface area contributed by atoms with Gasteiger partial charge < -0.3 is 4.90 Å². The summed E-state index contributed by atoms with van der Waals surface area (Å²) < 4.78 is 1.92. The Morgan fingerprint density at radius 3 is 2.59 bits per heavy atom. The number of aryl methyl sites for hydroxylation is 1. The summed E-state index contributed by atoms with van der Waals surface area (Å²) in [6.07, 6.45) is 2.64. The molecule has 164 valence electrons. The molecule has 1 amide bonds. The lowest BCUT2D eigenvalue weighted by Crippen LogP contribution is -2.36. The monoisotopic (exact) mass is 446 g/mol. The van der Waals surface area contributed by atoms with Crippen LogP contribution in [0.2, 0.25) is 0 Å². The lowest BCUT2D eigenvalue weighted by Gasteiger charge is -2.22. The average molecular weight is 447 g/mol. The lowest BCUT2D eigenvalue weighted by molar-refractivity contribution is -0.128. The Labute approximate surface area is 192 Å². The van der Waals surface area contributed by atoms with Crippen molar-refractivity contribution in [1.29, 1.82) is 5.26 Å². The Kier molecular flexibility index (Phi) is 7.20. The van der Waals surface area contributed by atoms with E-state index in [1.807, 2.05) is 45.9 Å². The molecule has 0 unspecified atom stereocenters. The molecule has 1 aliphatic heterocycles. The van der Waals surface area contributed by atoms with Crippen LogP contribution < -0.4 is 0 Å². The van der Waals surface area contributed by atoms with E-state index in [4.69, 9.17) is 5.26 Å². The van der Waals surface area contributed by atoms with Crippen LogP contribution in [-0.2, 0) is 11.3 Å². The van der Waals surface area contributed by atoms with Crippen molar-refractivity contribution in [2.75, 3.05) is 31.9 Å². The third-order valence-corrected chi connectivity index (χ3v) is 6.51. The number of thioether (sulfide) groups is 1. The molecule has 0 bridgehead atoms. The summed E-state index contributed by atoms with van der Waals surface area (Å²) in [6, 6.07) is 18.0. The van der Waals surface area contributed by atoms with Crippen LogP contribution in [-0.4, -0.2) is 62.4 Å². The van der Waals surface area contributed by atoms with Gasteiger partial charge in [0.25, 0.3) is 0 Å². The number of nitrogens with zero attached hydrogens (tertiary/aromatic N) is 6. The summed E-state index contributed by atoms with van der Waals surface area (Å²) in [7, 11) is 0. The molecule has 0 saturated carbocycles. The number of carbonyl (C=O) groups excluding carboxylic acids is 1. The normalized spacial score (nSPS) is 14.7. The Morgan fingerprint density at radius 2 is 1.84 bits per heavy atom. The number of rotatable bonds is 6. The Hall–Kier alpha value is -3.15. The van der Waals surface area contributed by atoms with E-state index < -0.39 is 0 Å². The largest absolute Gasteiger partial charge is 0.341 e. The molecule has 0 radical (unpaired) electrons. The van der Waals surface area contributed by atoms with Crippen LogP contribution in [0.3, 0.4) is 0 Å². The highest BCUT2D eigenvalue weighted by Crippen LogP contribution is 2.21. The molecular formula is C24H26N6OS. The van der Waals surface area contributed by atoms with Crippen LogP contribution in [0.5, 0.6) is 0 Å². The molecule has 4 rings (SSSR count). The SMILES string of the molecule is Cc1ccc(-n2cnnc2SCC(=O)N2CCCN(Cc3ccc(C#N)cc3)CC2)cc1. The van der Waals surface area contributed by atoms with Gasteiger partial charge in [-0.05, 0) is 43.2 Å². The van der Waals surface area contributed by atoms with Crippen molar-refractivity contribution < 1.29 is 4.79 Å². The molecule has 2 aromatic carbocycles. The zero-order chi connectivity index (χ0) is 22.3. The van der Waals surface area contributed by atoms with E-state index in [9.17, 15) is 4.79 Å². The molecule has 1 saturated heterocycles. The highest BCUT2D eigenvalue weighted by Gasteiger charge is 2.20. The number of carbonyl (C=O) groups is 1. The van der Waals surface area contributed by atoms with Crippen LogP contribution in [0.25, 0.3) is 5.69 Å². The molecule has 0 aliphatic carbocycles. The van der Waals surface area contributed by atoms with Gasteiger partial charge in [-0.25, -0.2) is 0 Å². The number of hydrogen-bond acceptors (Lipinski definition) is 6. The number of aromatic nitrogens is 3. The molecule has 2 heterocycles. The number of amides is 1. The molecule has 7 nitrogen and oxygen atoms in total. The van der Waals surface area contributed by atoms with Crippen molar-refractivity contribution >= 4 is 17.7 Å². The van der Waals surface area contributed by atoms with E-state index in [2.05, 4.69) is 40.2 Å². The van der Waals surface area contributed by atoms with Crippen LogP contribution in [0.4, 0.5) is 0 Å². The van der Waals surface area contributed by atoms with Gasteiger partial charge in [0, 0.05) is 38.4 Å². The summed E-state index contributed by atoms with van der Waals surface area (Å²) in [5.41, 5.74) is 4.05. The molecule has 3 aromatic rings. The van der Waals surface area contributed by atoms with E-state index in [-0.39, 0.29) is 5.91 Å². The van der Waals surface area contributed by atoms with E-state index in [1.165, 1.54) is 22.9 Å². The van der Waals surface area contributed by atoms with E-state index >= 15 is 0 Å². The second-order valence-electron chi connectivity index (χ2n) is 7.93. The Morgan fingerprint density at radius 1 is 1.06 bits per heavy atom. The number of hydrogen-bond donors (Lipinski definition) is 0. The maximum atomic E-state index is 12.9. The molecular weight excluding hydrogens is 420 g/mol. The fraction of sp³-hybridized carbons (Fsp3) is 0.333. The van der Waals surface area contributed by atoms with Crippen LogP contribution in [0.1, 0.15) is 23.1 Å². The first kappa shape index (κ1) is 22.1. The van der Waals surface area contributed by atoms with Crippen molar-refractivity contribution in [2.45, 2.75) is 25.0 Å². The number of nitriles is 1. The highest BCUT2D eigenvalue weighted by molar-refractivity contribution is 7.99. The molecule has 1 fully saturated rings. The zero-order valence-corrected chi connectivity index (χ0v) is 19.0. The minimum absolute atomic E-state index is 0.133. The van der Waals surface area contributed by atoms with Crippen molar-refractivity contribution in [3.63, 3.8) is 0 Å². The second-order valence-corrected chi connectivity index (χ2v) is 8.87. The summed E-state index contributed by atoms with van der Waals surface area (Å²) >= 11 is 1.43. The fourth-order valence-electron chi connectivity index (χ4n) is 3.74. The van der Waals surface area contributed by atoms with E-state index in [1.54, 1.807) is 6.33 Å². The van der Waals surface area contributed by atoms with Gasteiger partial charge in [0.2, 0.25) is 5.91 Å². The van der Waals surface area contributed by atoms with Crippen LogP contribution in [0, 0.1) is 18.3 Å². The van der Waals surface area contributed by atoms with Gasteiger partial charge in [0.1, 0.15) is 6.33 Å². The lowest BCUT2D eigenvalue weighted by atomic mass is 10.1. The minimum Gasteiger partial charge on any atom is -0.341 e. The quantitative estimate of drug-likeness (QED) is 0.541. The number of benzene rings is 2. The first-order chi connectivity index (χ1) is 15.6. The zero-order valence-electron chi connectivity index (χ0n) is 18.1. The third kappa shape index (κ3) is 5.55. The van der Waals surface area contributed by atoms with Gasteiger partial charge in [-0.1, -0.05) is 41.6 Å². The molecule has 1 aliphatic rings. The van der Waals surface area contributed by atoms with E-state index in [0.29, 0.717) is 11.3 Å². The maximum Gasteiger partial charge on any atom is 0.233 e. The predicted molar refractivity (Wildman–Crippen MR) is 124 cm³/mol. The topological polar surface area (TPSA) is 78.1 Å². The van der Waals surface area contributed by atoms with Crippen molar-refractivity contribution in [3.05, 3.63) is 71.5 Å². The van der Waals surface area contributed by atoms with Crippen LogP contribution >= 0.6 is 11.8 Å². The first-order valence-corrected chi connectivity index (χ1v) is 11.7. The van der Waals surface area contributed by atoms with Gasteiger partial charge in [0.15, 0.2) is 5.16 Å².